The minimum atomic E-state index is -3.67. The molecule has 1 aliphatic rings. The molecule has 82 valence electrons. The van der Waals surface area contributed by atoms with Crippen molar-refractivity contribution in [2.45, 2.75) is 30.8 Å². The molecule has 0 bridgehead atoms. The van der Waals surface area contributed by atoms with E-state index in [9.17, 15) is 8.42 Å². The van der Waals surface area contributed by atoms with Crippen LogP contribution in [0.4, 0.5) is 0 Å². The summed E-state index contributed by atoms with van der Waals surface area (Å²) in [7, 11) is 1.68. The van der Waals surface area contributed by atoms with Crippen molar-refractivity contribution in [1.29, 1.82) is 0 Å². The molecule has 2 rings (SSSR count). The van der Waals surface area contributed by atoms with Crippen LogP contribution in [0, 0.1) is 0 Å². The van der Waals surface area contributed by atoms with Crippen molar-refractivity contribution >= 4 is 19.7 Å². The Hall–Kier alpha value is -0.740. The molecule has 0 N–H and O–H groups in total. The van der Waals surface area contributed by atoms with E-state index >= 15 is 0 Å². The molecular weight excluding hydrogens is 236 g/mol. The first-order valence-corrected chi connectivity index (χ1v) is 7.02. The number of rotatable bonds is 1. The second kappa shape index (κ2) is 3.68. The molecule has 0 saturated heterocycles. The summed E-state index contributed by atoms with van der Waals surface area (Å²) in [6, 6.07) is 4.93. The van der Waals surface area contributed by atoms with Gasteiger partial charge in [-0.15, -0.1) is 0 Å². The lowest BCUT2D eigenvalue weighted by atomic mass is 10.0. The van der Waals surface area contributed by atoms with E-state index in [1.807, 2.05) is 6.92 Å². The molecule has 0 radical (unpaired) electrons. The molecule has 1 aromatic rings. The van der Waals surface area contributed by atoms with E-state index in [4.69, 9.17) is 15.4 Å². The number of benzene rings is 1. The molecule has 3 nitrogen and oxygen atoms in total. The Kier molecular flexibility index (Phi) is 2.64. The predicted molar refractivity (Wildman–Crippen MR) is 57.9 cm³/mol. The molecule has 1 aromatic carbocycles. The van der Waals surface area contributed by atoms with Gasteiger partial charge in [-0.25, -0.2) is 8.42 Å². The highest BCUT2D eigenvalue weighted by molar-refractivity contribution is 8.13. The number of hydrogen-bond donors (Lipinski definition) is 0. The summed E-state index contributed by atoms with van der Waals surface area (Å²) in [5.41, 5.74) is 0.700. The van der Waals surface area contributed by atoms with Crippen molar-refractivity contribution < 1.29 is 13.2 Å². The Labute approximate surface area is 93.4 Å². The molecule has 1 heterocycles. The zero-order valence-corrected chi connectivity index (χ0v) is 9.81. The van der Waals surface area contributed by atoms with Crippen LogP contribution in [0.2, 0.25) is 0 Å². The number of hydrogen-bond acceptors (Lipinski definition) is 3. The van der Waals surface area contributed by atoms with E-state index in [-0.39, 0.29) is 11.0 Å². The number of ether oxygens (including phenoxy) is 1. The maximum atomic E-state index is 11.3. The maximum absolute atomic E-state index is 11.3. The Balaban J connectivity index is 2.56. The lowest BCUT2D eigenvalue weighted by molar-refractivity contribution is 0.191. The van der Waals surface area contributed by atoms with Crippen LogP contribution in [0.25, 0.3) is 0 Å². The average Bonchev–Trinajstić information content (AvgIpc) is 2.15. The van der Waals surface area contributed by atoms with Crippen LogP contribution >= 0.6 is 10.7 Å². The van der Waals surface area contributed by atoms with Crippen molar-refractivity contribution in [2.24, 2.45) is 0 Å². The van der Waals surface area contributed by atoms with Crippen LogP contribution in [0.5, 0.6) is 5.75 Å². The topological polar surface area (TPSA) is 43.4 Å². The third-order valence-corrected chi connectivity index (χ3v) is 3.89. The molecule has 15 heavy (non-hydrogen) atoms. The predicted octanol–water partition coefficient (Wildman–Crippen LogP) is 2.33. The van der Waals surface area contributed by atoms with Crippen molar-refractivity contribution in [3.05, 3.63) is 23.8 Å². The van der Waals surface area contributed by atoms with Gasteiger partial charge in [-0.1, -0.05) is 6.07 Å². The van der Waals surface area contributed by atoms with Crippen LogP contribution < -0.4 is 4.74 Å². The smallest absolute Gasteiger partial charge is 0.261 e. The largest absolute Gasteiger partial charge is 0.490 e. The van der Waals surface area contributed by atoms with Gasteiger partial charge in [0.1, 0.15) is 5.75 Å². The third-order valence-electron chi connectivity index (χ3n) is 2.48. The van der Waals surface area contributed by atoms with Crippen molar-refractivity contribution in [2.75, 3.05) is 0 Å². The van der Waals surface area contributed by atoms with Gasteiger partial charge in [-0.05, 0) is 31.9 Å². The Bertz CT molecular complexity index is 481. The molecular formula is C10H11ClO3S. The highest BCUT2D eigenvalue weighted by Crippen LogP contribution is 2.33. The molecule has 0 saturated carbocycles. The summed E-state index contributed by atoms with van der Waals surface area (Å²) in [6.45, 7) is 1.96. The zero-order valence-electron chi connectivity index (χ0n) is 8.23. The maximum Gasteiger partial charge on any atom is 0.261 e. The van der Waals surface area contributed by atoms with Gasteiger partial charge in [0.05, 0.1) is 11.0 Å². The van der Waals surface area contributed by atoms with Crippen LogP contribution in [-0.4, -0.2) is 14.5 Å². The summed E-state index contributed by atoms with van der Waals surface area (Å²) < 4.78 is 28.1. The van der Waals surface area contributed by atoms with Crippen LogP contribution in [0.1, 0.15) is 18.9 Å². The van der Waals surface area contributed by atoms with Gasteiger partial charge >= 0.3 is 0 Å². The quantitative estimate of drug-likeness (QED) is 0.715. The first-order valence-electron chi connectivity index (χ1n) is 4.71. The Morgan fingerprint density at radius 1 is 1.47 bits per heavy atom. The average molecular weight is 247 g/mol. The van der Waals surface area contributed by atoms with Crippen molar-refractivity contribution in [1.82, 2.24) is 0 Å². The highest BCUT2D eigenvalue weighted by atomic mass is 35.7. The van der Waals surface area contributed by atoms with Gasteiger partial charge < -0.3 is 4.74 Å². The Morgan fingerprint density at radius 3 is 2.87 bits per heavy atom. The third kappa shape index (κ3) is 2.11. The van der Waals surface area contributed by atoms with Gasteiger partial charge in [0.15, 0.2) is 0 Å². The molecule has 0 aromatic heterocycles. The van der Waals surface area contributed by atoms with Crippen LogP contribution in [0.15, 0.2) is 23.1 Å². The minimum Gasteiger partial charge on any atom is -0.490 e. The fourth-order valence-corrected chi connectivity index (χ4v) is 2.93. The molecule has 5 heteroatoms. The van der Waals surface area contributed by atoms with Gasteiger partial charge in [0.2, 0.25) is 0 Å². The second-order valence-corrected chi connectivity index (χ2v) is 6.17. The lowest BCUT2D eigenvalue weighted by Gasteiger charge is -2.24. The van der Waals surface area contributed by atoms with Crippen LogP contribution in [-0.2, 0) is 15.5 Å². The molecule has 0 aliphatic carbocycles. The molecule has 0 spiro atoms. The summed E-state index contributed by atoms with van der Waals surface area (Å²) in [6.07, 6.45) is 1.64. The molecule has 0 fully saturated rings. The van der Waals surface area contributed by atoms with Gasteiger partial charge in [-0.3, -0.25) is 0 Å². The SMILES string of the molecule is CC1CCc2c(cccc2S(=O)(=O)Cl)O1. The van der Waals surface area contributed by atoms with Crippen molar-refractivity contribution in [3.8, 4) is 5.75 Å². The zero-order chi connectivity index (χ0) is 11.1. The van der Waals surface area contributed by atoms with E-state index in [0.29, 0.717) is 17.7 Å². The standard InChI is InChI=1S/C10H11ClO3S/c1-7-5-6-8-9(14-7)3-2-4-10(8)15(11,12)13/h2-4,7H,5-6H2,1H3. The fourth-order valence-electron chi connectivity index (χ4n) is 1.75. The van der Waals surface area contributed by atoms with Crippen molar-refractivity contribution in [3.63, 3.8) is 0 Å². The number of halogens is 1. The van der Waals surface area contributed by atoms with Gasteiger partial charge in [0, 0.05) is 16.2 Å². The van der Waals surface area contributed by atoms with E-state index in [1.165, 1.54) is 6.07 Å². The summed E-state index contributed by atoms with van der Waals surface area (Å²) in [4.78, 5) is 0.175. The monoisotopic (exact) mass is 246 g/mol. The minimum absolute atomic E-state index is 0.130. The summed E-state index contributed by atoms with van der Waals surface area (Å²) >= 11 is 0. The first kappa shape index (κ1) is 10.8. The summed E-state index contributed by atoms with van der Waals surface area (Å²) in [5, 5.41) is 0. The Morgan fingerprint density at radius 2 is 2.20 bits per heavy atom. The van der Waals surface area contributed by atoms with E-state index < -0.39 is 9.05 Å². The first-order chi connectivity index (χ1) is 6.98. The second-order valence-electron chi connectivity index (χ2n) is 3.64. The van der Waals surface area contributed by atoms with Gasteiger partial charge in [0.25, 0.3) is 9.05 Å². The highest BCUT2D eigenvalue weighted by Gasteiger charge is 2.23. The molecule has 0 amide bonds. The van der Waals surface area contributed by atoms with E-state index in [2.05, 4.69) is 0 Å². The molecule has 1 atom stereocenters. The molecule has 1 aliphatic heterocycles. The lowest BCUT2D eigenvalue weighted by Crippen LogP contribution is -2.20. The molecule has 1 unspecified atom stereocenters. The fraction of sp³-hybridized carbons (Fsp3) is 0.400. The van der Waals surface area contributed by atoms with Gasteiger partial charge in [-0.2, -0.15) is 0 Å². The van der Waals surface area contributed by atoms with Crippen LogP contribution in [0.3, 0.4) is 0 Å². The normalized spacial score (nSPS) is 20.5. The number of fused-ring (bicyclic) bond motifs is 1. The summed E-state index contributed by atoms with van der Waals surface area (Å²) in [5.74, 6) is 0.635. The van der Waals surface area contributed by atoms with E-state index in [0.717, 1.165) is 6.42 Å². The van der Waals surface area contributed by atoms with E-state index in [1.54, 1.807) is 12.1 Å².